The van der Waals surface area contributed by atoms with Gasteiger partial charge in [-0.05, 0) is 20.9 Å². The minimum absolute atomic E-state index is 0.487. The van der Waals surface area contributed by atoms with E-state index in [-0.39, 0.29) is 0 Å². The van der Waals surface area contributed by atoms with E-state index >= 15 is 0 Å². The molecule has 0 bridgehead atoms. The van der Waals surface area contributed by atoms with Crippen LogP contribution in [0.15, 0.2) is 12.4 Å². The van der Waals surface area contributed by atoms with Crippen LogP contribution in [0.5, 0.6) is 0 Å². The Labute approximate surface area is 87.8 Å². The maximum Gasteiger partial charge on any atom is 0.194 e. The highest BCUT2D eigenvalue weighted by Gasteiger charge is 2.06. The molecule has 0 fully saturated rings. The Balaban J connectivity index is 2.23. The predicted octanol–water partition coefficient (Wildman–Crippen LogP) is 1.85. The van der Waals surface area contributed by atoms with Gasteiger partial charge in [0.05, 0.1) is 5.69 Å². The van der Waals surface area contributed by atoms with Crippen LogP contribution in [0.1, 0.15) is 17.5 Å². The van der Waals surface area contributed by atoms with Gasteiger partial charge in [-0.1, -0.05) is 0 Å². The summed E-state index contributed by atoms with van der Waals surface area (Å²) in [5, 5.41) is 3.22. The van der Waals surface area contributed by atoms with E-state index in [2.05, 4.69) is 40.9 Å². The van der Waals surface area contributed by atoms with Gasteiger partial charge in [-0.2, -0.15) is 0 Å². The Bertz CT molecular complexity index is 398. The number of hydrogen-bond acceptors (Lipinski definition) is 3. The quantitative estimate of drug-likeness (QED) is 0.836. The molecule has 4 heteroatoms. The van der Waals surface area contributed by atoms with E-state index in [0.29, 0.717) is 6.04 Å². The molecule has 0 aromatic carbocycles. The average Bonchev–Trinajstić information content (AvgIpc) is 2.60. The van der Waals surface area contributed by atoms with Gasteiger partial charge in [0.1, 0.15) is 0 Å². The van der Waals surface area contributed by atoms with Crippen LogP contribution in [-0.2, 0) is 6.42 Å². The number of rotatable bonds is 3. The molecule has 0 saturated heterocycles. The molecule has 2 heterocycles. The molecule has 2 aromatic heterocycles. The number of thiazole rings is 1. The highest BCUT2D eigenvalue weighted by Crippen LogP contribution is 2.17. The maximum absolute atomic E-state index is 4.56. The van der Waals surface area contributed by atoms with E-state index in [0.717, 1.165) is 17.1 Å². The summed E-state index contributed by atoms with van der Waals surface area (Å²) < 4.78 is 2.11. The molecule has 0 radical (unpaired) electrons. The molecular weight excluding hydrogens is 194 g/mol. The minimum Gasteiger partial charge on any atom is -0.317 e. The summed E-state index contributed by atoms with van der Waals surface area (Å²) in [7, 11) is 1.98. The van der Waals surface area contributed by atoms with Crippen LogP contribution >= 0.6 is 11.3 Å². The Kier molecular flexibility index (Phi) is 2.56. The van der Waals surface area contributed by atoms with E-state index in [1.54, 1.807) is 11.3 Å². The van der Waals surface area contributed by atoms with Crippen LogP contribution in [0, 0.1) is 6.92 Å². The summed E-state index contributed by atoms with van der Waals surface area (Å²) in [5.41, 5.74) is 1.16. The zero-order valence-corrected chi connectivity index (χ0v) is 9.56. The summed E-state index contributed by atoms with van der Waals surface area (Å²) in [4.78, 5) is 6.97. The fraction of sp³-hybridized carbons (Fsp3) is 0.500. The first-order valence-corrected chi connectivity index (χ1v) is 5.62. The summed E-state index contributed by atoms with van der Waals surface area (Å²) in [6.45, 7) is 4.27. The summed E-state index contributed by atoms with van der Waals surface area (Å²) in [5.74, 6) is 0. The second-order valence-corrected chi connectivity index (χ2v) is 4.87. The van der Waals surface area contributed by atoms with Gasteiger partial charge in [0, 0.05) is 29.7 Å². The normalized spacial score (nSPS) is 13.6. The summed E-state index contributed by atoms with van der Waals surface area (Å²) in [6, 6.07) is 0.487. The van der Waals surface area contributed by atoms with E-state index in [1.165, 1.54) is 4.88 Å². The zero-order valence-electron chi connectivity index (χ0n) is 8.74. The van der Waals surface area contributed by atoms with Crippen LogP contribution in [0.25, 0.3) is 4.96 Å². The number of fused-ring (bicyclic) bond motifs is 1. The van der Waals surface area contributed by atoms with Crippen molar-refractivity contribution in [1.82, 2.24) is 14.7 Å². The molecule has 0 spiro atoms. The van der Waals surface area contributed by atoms with Gasteiger partial charge < -0.3 is 5.32 Å². The van der Waals surface area contributed by atoms with E-state index < -0.39 is 0 Å². The number of aryl methyl sites for hydroxylation is 1. The van der Waals surface area contributed by atoms with Crippen LogP contribution < -0.4 is 5.32 Å². The SMILES string of the molecule is CNC(C)Cc1cn2cc(C)sc2n1. The second kappa shape index (κ2) is 3.71. The van der Waals surface area contributed by atoms with Crippen LogP contribution in [0.2, 0.25) is 0 Å². The predicted molar refractivity (Wildman–Crippen MR) is 60.0 cm³/mol. The highest BCUT2D eigenvalue weighted by atomic mass is 32.1. The molecule has 0 aliphatic carbocycles. The van der Waals surface area contributed by atoms with Crippen molar-refractivity contribution in [3.63, 3.8) is 0 Å². The molecule has 0 amide bonds. The molecule has 76 valence electrons. The lowest BCUT2D eigenvalue weighted by Gasteiger charge is -2.06. The van der Waals surface area contributed by atoms with Crippen LogP contribution in [-0.4, -0.2) is 22.5 Å². The van der Waals surface area contributed by atoms with Crippen molar-refractivity contribution in [2.24, 2.45) is 0 Å². The Morgan fingerprint density at radius 1 is 1.57 bits per heavy atom. The summed E-state index contributed by atoms with van der Waals surface area (Å²) >= 11 is 1.74. The van der Waals surface area contributed by atoms with E-state index in [9.17, 15) is 0 Å². The Hall–Kier alpha value is -0.870. The van der Waals surface area contributed by atoms with Crippen molar-refractivity contribution < 1.29 is 0 Å². The lowest BCUT2D eigenvalue weighted by molar-refractivity contribution is 0.602. The van der Waals surface area contributed by atoms with Crippen LogP contribution in [0.4, 0.5) is 0 Å². The van der Waals surface area contributed by atoms with E-state index in [1.807, 2.05) is 7.05 Å². The molecule has 2 aromatic rings. The number of nitrogens with one attached hydrogen (secondary N) is 1. The van der Waals surface area contributed by atoms with Crippen molar-refractivity contribution in [3.05, 3.63) is 23.0 Å². The average molecular weight is 209 g/mol. The first-order chi connectivity index (χ1) is 6.69. The van der Waals surface area contributed by atoms with Gasteiger partial charge in [0.15, 0.2) is 4.96 Å². The molecule has 3 nitrogen and oxygen atoms in total. The van der Waals surface area contributed by atoms with Gasteiger partial charge in [0.25, 0.3) is 0 Å². The maximum atomic E-state index is 4.56. The summed E-state index contributed by atoms with van der Waals surface area (Å²) in [6.07, 6.45) is 5.23. The number of nitrogens with zero attached hydrogens (tertiary/aromatic N) is 2. The molecule has 1 unspecified atom stereocenters. The third kappa shape index (κ3) is 1.81. The molecular formula is C10H15N3S. The monoisotopic (exact) mass is 209 g/mol. The molecule has 1 atom stereocenters. The molecule has 0 aliphatic rings. The Morgan fingerprint density at radius 3 is 3.00 bits per heavy atom. The third-order valence-corrected chi connectivity index (χ3v) is 3.24. The first-order valence-electron chi connectivity index (χ1n) is 4.80. The zero-order chi connectivity index (χ0) is 10.1. The van der Waals surface area contributed by atoms with Crippen molar-refractivity contribution in [3.8, 4) is 0 Å². The first kappa shape index (κ1) is 9.68. The number of aromatic nitrogens is 2. The second-order valence-electron chi connectivity index (χ2n) is 3.66. The molecule has 14 heavy (non-hydrogen) atoms. The standard InChI is InChI=1S/C10H15N3S/c1-7(11-3)4-9-6-13-5-8(2)14-10(13)12-9/h5-7,11H,4H2,1-3H3. The number of likely N-dealkylation sites (N-methyl/N-ethyl adjacent to an activating group) is 1. The smallest absolute Gasteiger partial charge is 0.194 e. The van der Waals surface area contributed by atoms with Gasteiger partial charge in [-0.25, -0.2) is 4.98 Å². The Morgan fingerprint density at radius 2 is 2.36 bits per heavy atom. The lowest BCUT2D eigenvalue weighted by Crippen LogP contribution is -2.23. The van der Waals surface area contributed by atoms with Gasteiger partial charge in [-0.15, -0.1) is 11.3 Å². The minimum atomic E-state index is 0.487. The fourth-order valence-corrected chi connectivity index (χ4v) is 2.30. The highest BCUT2D eigenvalue weighted by molar-refractivity contribution is 7.16. The molecule has 1 N–H and O–H groups in total. The molecule has 0 aliphatic heterocycles. The third-order valence-electron chi connectivity index (χ3n) is 2.33. The van der Waals surface area contributed by atoms with Crippen molar-refractivity contribution in [2.45, 2.75) is 26.3 Å². The van der Waals surface area contributed by atoms with Crippen molar-refractivity contribution >= 4 is 16.3 Å². The van der Waals surface area contributed by atoms with E-state index in [4.69, 9.17) is 0 Å². The van der Waals surface area contributed by atoms with Crippen LogP contribution in [0.3, 0.4) is 0 Å². The van der Waals surface area contributed by atoms with Crippen molar-refractivity contribution in [1.29, 1.82) is 0 Å². The van der Waals surface area contributed by atoms with Gasteiger partial charge >= 0.3 is 0 Å². The van der Waals surface area contributed by atoms with Gasteiger partial charge in [-0.3, -0.25) is 4.40 Å². The molecule has 2 rings (SSSR count). The number of imidazole rings is 1. The largest absolute Gasteiger partial charge is 0.317 e. The topological polar surface area (TPSA) is 29.3 Å². The fourth-order valence-electron chi connectivity index (χ4n) is 1.47. The molecule has 0 saturated carbocycles. The lowest BCUT2D eigenvalue weighted by atomic mass is 10.2. The van der Waals surface area contributed by atoms with Gasteiger partial charge in [0.2, 0.25) is 0 Å². The van der Waals surface area contributed by atoms with Crippen molar-refractivity contribution in [2.75, 3.05) is 7.05 Å². The number of hydrogen-bond donors (Lipinski definition) is 1.